The van der Waals surface area contributed by atoms with E-state index in [0.717, 1.165) is 19.3 Å². The van der Waals surface area contributed by atoms with Crippen molar-refractivity contribution >= 4 is 23.1 Å². The van der Waals surface area contributed by atoms with Crippen molar-refractivity contribution in [1.82, 2.24) is 0 Å². The van der Waals surface area contributed by atoms with Crippen LogP contribution in [0.3, 0.4) is 0 Å². The summed E-state index contributed by atoms with van der Waals surface area (Å²) >= 11 is 0. The van der Waals surface area contributed by atoms with Gasteiger partial charge in [0, 0.05) is 0 Å². The summed E-state index contributed by atoms with van der Waals surface area (Å²) in [7, 11) is 0. The van der Waals surface area contributed by atoms with Crippen molar-refractivity contribution in [3.8, 4) is 0 Å². The summed E-state index contributed by atoms with van der Waals surface area (Å²) in [5.41, 5.74) is 0. The zero-order chi connectivity index (χ0) is 6.41. The second-order valence-corrected chi connectivity index (χ2v) is 1.97. The monoisotopic (exact) mass is 140 g/mol. The third-order valence-corrected chi connectivity index (χ3v) is 1.06. The summed E-state index contributed by atoms with van der Waals surface area (Å²) in [6, 6.07) is 0. The summed E-state index contributed by atoms with van der Waals surface area (Å²) in [4.78, 5) is 0. The van der Waals surface area contributed by atoms with Gasteiger partial charge in [-0.1, -0.05) is 19.4 Å². The molecule has 0 aliphatic heterocycles. The molecule has 0 aliphatic carbocycles. The van der Waals surface area contributed by atoms with E-state index in [1.165, 1.54) is 0 Å². The van der Waals surface area contributed by atoms with E-state index in [1.807, 2.05) is 0 Å². The molecule has 0 aromatic rings. The zero-order valence-corrected chi connectivity index (χ0v) is 7.55. The molecule has 2 heteroatoms. The maximum absolute atomic E-state index is 8.98. The fourth-order valence-corrected chi connectivity index (χ4v) is 0.643. The smallest absolute Gasteiger partial charge is 1.00 e. The van der Waals surface area contributed by atoms with Crippen LogP contribution in [0.25, 0.3) is 0 Å². The minimum absolute atomic E-state index is 0. The number of hydrogen-bond donors (Lipinski definition) is 1. The minimum atomic E-state index is -0.155. The SMILES string of the molecule is C=CCC(O)CCC.[H-].[H-].[Mg+2]. The molecule has 0 spiro atoms. The second kappa shape index (κ2) is 8.47. The first-order chi connectivity index (χ1) is 3.81. The van der Waals surface area contributed by atoms with Crippen molar-refractivity contribution in [3.63, 3.8) is 0 Å². The van der Waals surface area contributed by atoms with Crippen LogP contribution >= 0.6 is 0 Å². The normalized spacial score (nSPS) is 11.8. The Balaban J connectivity index is -0.0000000817. The fourth-order valence-electron chi connectivity index (χ4n) is 0.643. The van der Waals surface area contributed by atoms with Crippen LogP contribution in [0, 0.1) is 0 Å². The van der Waals surface area contributed by atoms with Crippen LogP contribution in [-0.2, 0) is 0 Å². The van der Waals surface area contributed by atoms with Crippen molar-refractivity contribution in [1.29, 1.82) is 0 Å². The Morgan fingerprint density at radius 1 is 1.78 bits per heavy atom. The standard InChI is InChI=1S/C7H14O.Mg.2H/c1-3-5-7(8)6-4-2;;;/h3,7-8H,1,4-6H2,2H3;;;/q;+2;2*-1. The van der Waals surface area contributed by atoms with Gasteiger partial charge in [-0.3, -0.25) is 0 Å². The van der Waals surface area contributed by atoms with Gasteiger partial charge in [0.15, 0.2) is 0 Å². The van der Waals surface area contributed by atoms with E-state index < -0.39 is 0 Å². The Morgan fingerprint density at radius 3 is 2.67 bits per heavy atom. The van der Waals surface area contributed by atoms with E-state index in [4.69, 9.17) is 5.11 Å². The Labute approximate surface area is 76.3 Å². The molecule has 0 fully saturated rings. The molecule has 1 N–H and O–H groups in total. The van der Waals surface area contributed by atoms with Crippen molar-refractivity contribution in [2.45, 2.75) is 32.3 Å². The first-order valence-corrected chi connectivity index (χ1v) is 3.10. The molecule has 0 saturated carbocycles. The van der Waals surface area contributed by atoms with Crippen molar-refractivity contribution < 1.29 is 7.96 Å². The Bertz CT molecular complexity index is 71.5. The van der Waals surface area contributed by atoms with E-state index in [9.17, 15) is 0 Å². The summed E-state index contributed by atoms with van der Waals surface area (Å²) in [5, 5.41) is 8.98. The van der Waals surface area contributed by atoms with E-state index in [1.54, 1.807) is 6.08 Å². The fraction of sp³-hybridized carbons (Fsp3) is 0.714. The van der Waals surface area contributed by atoms with Gasteiger partial charge in [0.05, 0.1) is 6.10 Å². The van der Waals surface area contributed by atoms with Crippen LogP contribution in [0.5, 0.6) is 0 Å². The quantitative estimate of drug-likeness (QED) is 0.464. The molecule has 0 aliphatic rings. The van der Waals surface area contributed by atoms with E-state index in [0.29, 0.717) is 0 Å². The molecule has 0 rings (SSSR count). The maximum Gasteiger partial charge on any atom is 2.00 e. The minimum Gasteiger partial charge on any atom is -1.00 e. The molecule has 9 heavy (non-hydrogen) atoms. The molecule has 0 heterocycles. The Morgan fingerprint density at radius 2 is 2.33 bits per heavy atom. The molecule has 0 amide bonds. The molecule has 0 aromatic carbocycles. The predicted molar refractivity (Wildman–Crippen MR) is 43.7 cm³/mol. The summed E-state index contributed by atoms with van der Waals surface area (Å²) in [5.74, 6) is 0. The maximum atomic E-state index is 8.98. The number of aliphatic hydroxyl groups is 1. The van der Waals surface area contributed by atoms with Crippen LogP contribution in [0.1, 0.15) is 29.0 Å². The van der Waals surface area contributed by atoms with Gasteiger partial charge in [0.25, 0.3) is 0 Å². The Kier molecular flexibility index (Phi) is 11.4. The average Bonchev–Trinajstić information content (AvgIpc) is 1.68. The van der Waals surface area contributed by atoms with Crippen LogP contribution in [0.2, 0.25) is 0 Å². The van der Waals surface area contributed by atoms with E-state index in [-0.39, 0.29) is 32.0 Å². The van der Waals surface area contributed by atoms with E-state index in [2.05, 4.69) is 13.5 Å². The van der Waals surface area contributed by atoms with Gasteiger partial charge in [-0.2, -0.15) is 0 Å². The van der Waals surface area contributed by atoms with Crippen molar-refractivity contribution in [2.24, 2.45) is 0 Å². The molecule has 0 saturated heterocycles. The molecule has 0 aromatic heterocycles. The van der Waals surface area contributed by atoms with E-state index >= 15 is 0 Å². The zero-order valence-electron chi connectivity index (χ0n) is 8.14. The first-order valence-electron chi connectivity index (χ1n) is 3.10. The first kappa shape index (κ1) is 12.2. The summed E-state index contributed by atoms with van der Waals surface area (Å²) in [6.07, 6.45) is 4.27. The number of aliphatic hydroxyl groups excluding tert-OH is 1. The molecule has 1 atom stereocenters. The molecule has 1 unspecified atom stereocenters. The van der Waals surface area contributed by atoms with Gasteiger partial charge >= 0.3 is 23.1 Å². The largest absolute Gasteiger partial charge is 2.00 e. The molecular formula is C7H16MgO. The third kappa shape index (κ3) is 8.47. The average molecular weight is 141 g/mol. The summed E-state index contributed by atoms with van der Waals surface area (Å²) < 4.78 is 0. The predicted octanol–water partition coefficient (Wildman–Crippen LogP) is 1.57. The second-order valence-electron chi connectivity index (χ2n) is 1.97. The number of hydrogen-bond acceptors (Lipinski definition) is 1. The summed E-state index contributed by atoms with van der Waals surface area (Å²) in [6.45, 7) is 5.58. The van der Waals surface area contributed by atoms with Crippen LogP contribution in [0.15, 0.2) is 12.7 Å². The Hall–Kier alpha value is 0.466. The topological polar surface area (TPSA) is 20.2 Å². The van der Waals surface area contributed by atoms with Crippen molar-refractivity contribution in [2.75, 3.05) is 0 Å². The molecule has 1 nitrogen and oxygen atoms in total. The number of rotatable bonds is 4. The third-order valence-electron chi connectivity index (χ3n) is 1.06. The van der Waals surface area contributed by atoms with Gasteiger partial charge in [-0.25, -0.2) is 0 Å². The van der Waals surface area contributed by atoms with Gasteiger partial charge in [0.2, 0.25) is 0 Å². The van der Waals surface area contributed by atoms with Crippen LogP contribution in [0.4, 0.5) is 0 Å². The van der Waals surface area contributed by atoms with Crippen molar-refractivity contribution in [3.05, 3.63) is 12.7 Å². The molecule has 52 valence electrons. The van der Waals surface area contributed by atoms with Gasteiger partial charge < -0.3 is 7.96 Å². The molecule has 0 radical (unpaired) electrons. The molecule has 0 bridgehead atoms. The van der Waals surface area contributed by atoms with Gasteiger partial charge in [-0.05, 0) is 12.8 Å². The van der Waals surface area contributed by atoms with Gasteiger partial charge in [-0.15, -0.1) is 6.58 Å². The van der Waals surface area contributed by atoms with Crippen LogP contribution in [-0.4, -0.2) is 34.3 Å². The van der Waals surface area contributed by atoms with Crippen LogP contribution < -0.4 is 0 Å². The molecular weight excluding hydrogens is 124 g/mol. The van der Waals surface area contributed by atoms with Gasteiger partial charge in [0.1, 0.15) is 0 Å².